The predicted molar refractivity (Wildman–Crippen MR) is 93.9 cm³/mol. The molecule has 138 valence electrons. The van der Waals surface area contributed by atoms with Gasteiger partial charge < -0.3 is 4.74 Å². The first-order chi connectivity index (χ1) is 11.5. The molecule has 3 fully saturated rings. The minimum Gasteiger partial charge on any atom is -0.316 e. The molecule has 24 heavy (non-hydrogen) atoms. The minimum absolute atomic E-state index is 0.161. The number of rotatable bonds is 5. The summed E-state index contributed by atoms with van der Waals surface area (Å²) >= 11 is 0. The highest BCUT2D eigenvalue weighted by Gasteiger charge is 2.62. The van der Waals surface area contributed by atoms with Crippen LogP contribution >= 0.6 is 0 Å². The molecule has 1 nitrogen and oxygen atoms in total. The van der Waals surface area contributed by atoms with E-state index in [1.807, 2.05) is 6.92 Å². The molecule has 0 radical (unpaired) electrons. The quantitative estimate of drug-likeness (QED) is 0.513. The average Bonchev–Trinajstić information content (AvgIpc) is 2.56. The third-order valence-corrected chi connectivity index (χ3v) is 6.88. The van der Waals surface area contributed by atoms with E-state index in [1.165, 1.54) is 25.7 Å². The molecule has 0 amide bonds. The highest BCUT2D eigenvalue weighted by atomic mass is 19.3. The highest BCUT2D eigenvalue weighted by molar-refractivity contribution is 4.99. The lowest BCUT2D eigenvalue weighted by Crippen LogP contribution is -2.61. The van der Waals surface area contributed by atoms with Crippen molar-refractivity contribution in [2.24, 2.45) is 29.6 Å². The van der Waals surface area contributed by atoms with Crippen molar-refractivity contribution >= 4 is 0 Å². The van der Waals surface area contributed by atoms with Gasteiger partial charge in [0.1, 0.15) is 0 Å². The van der Waals surface area contributed by atoms with Crippen molar-refractivity contribution < 1.29 is 13.5 Å². The van der Waals surface area contributed by atoms with Gasteiger partial charge in [0.15, 0.2) is 0 Å². The van der Waals surface area contributed by atoms with Crippen LogP contribution in [0, 0.1) is 29.6 Å². The molecule has 1 saturated heterocycles. The van der Waals surface area contributed by atoms with Crippen LogP contribution in [0.5, 0.6) is 0 Å². The standard InChI is InChI=1S/C21H34F2O/c1-3-5-15-7-11-17(12-8-15)19-20(24-21(19,22)23)18-13-9-16(6-4-2)10-14-18/h3,5,15-20H,4,6-14H2,1-2H3/t15?,16?,17?,18?,19-,20-/m0/s1. The van der Waals surface area contributed by atoms with Gasteiger partial charge in [-0.15, -0.1) is 0 Å². The van der Waals surface area contributed by atoms with Crippen LogP contribution in [-0.4, -0.2) is 12.2 Å². The summed E-state index contributed by atoms with van der Waals surface area (Å²) in [6.07, 6.45) is 12.5. The molecule has 1 heterocycles. The van der Waals surface area contributed by atoms with Crippen molar-refractivity contribution in [2.75, 3.05) is 0 Å². The van der Waals surface area contributed by atoms with Gasteiger partial charge in [0.2, 0.25) is 0 Å². The fraction of sp³-hybridized carbons (Fsp3) is 0.905. The van der Waals surface area contributed by atoms with Gasteiger partial charge in [0.05, 0.1) is 12.0 Å². The molecule has 0 spiro atoms. The Hall–Kier alpha value is -0.440. The topological polar surface area (TPSA) is 9.23 Å². The SMILES string of the molecule is CC=CC1CCC([C@H]2[C@H](C3CCC(CCC)CC3)OC2(F)F)CC1. The van der Waals surface area contributed by atoms with Crippen LogP contribution in [0.25, 0.3) is 0 Å². The van der Waals surface area contributed by atoms with Gasteiger partial charge >= 0.3 is 6.11 Å². The lowest BCUT2D eigenvalue weighted by atomic mass is 9.66. The Morgan fingerprint density at radius 3 is 2.12 bits per heavy atom. The normalized spacial score (nSPS) is 42.8. The van der Waals surface area contributed by atoms with Crippen molar-refractivity contribution in [3.05, 3.63) is 12.2 Å². The smallest absolute Gasteiger partial charge is 0.316 e. The number of halogens is 2. The fourth-order valence-electron chi connectivity index (χ4n) is 5.57. The van der Waals surface area contributed by atoms with Crippen molar-refractivity contribution in [3.63, 3.8) is 0 Å². The fourth-order valence-corrected chi connectivity index (χ4v) is 5.57. The van der Waals surface area contributed by atoms with Crippen molar-refractivity contribution in [1.29, 1.82) is 0 Å². The maximum atomic E-state index is 14.2. The lowest BCUT2D eigenvalue weighted by molar-refractivity contribution is -0.418. The van der Waals surface area contributed by atoms with Crippen LogP contribution in [0.2, 0.25) is 0 Å². The molecule has 0 aromatic rings. The average molecular weight is 340 g/mol. The Balaban J connectivity index is 1.56. The van der Waals surface area contributed by atoms with Crippen LogP contribution in [0.15, 0.2) is 12.2 Å². The van der Waals surface area contributed by atoms with E-state index in [-0.39, 0.29) is 12.0 Å². The summed E-state index contributed by atoms with van der Waals surface area (Å²) in [7, 11) is 0. The first-order valence-corrected chi connectivity index (χ1v) is 10.2. The molecular weight excluding hydrogens is 306 g/mol. The van der Waals surface area contributed by atoms with Crippen molar-refractivity contribution in [1.82, 2.24) is 0 Å². The summed E-state index contributed by atoms with van der Waals surface area (Å²) in [6, 6.07) is 0. The molecule has 2 saturated carbocycles. The predicted octanol–water partition coefficient (Wildman–Crippen LogP) is 6.58. The van der Waals surface area contributed by atoms with Gasteiger partial charge in [0, 0.05) is 0 Å². The monoisotopic (exact) mass is 340 g/mol. The number of hydrogen-bond donors (Lipinski definition) is 0. The zero-order valence-electron chi connectivity index (χ0n) is 15.4. The number of alkyl halides is 2. The lowest BCUT2D eigenvalue weighted by Gasteiger charge is -2.53. The first kappa shape index (κ1) is 18.4. The molecule has 0 N–H and O–H groups in total. The Morgan fingerprint density at radius 2 is 1.58 bits per heavy atom. The molecule has 3 heteroatoms. The maximum Gasteiger partial charge on any atom is 0.361 e. The van der Waals surface area contributed by atoms with Crippen LogP contribution in [0.3, 0.4) is 0 Å². The number of hydrogen-bond acceptors (Lipinski definition) is 1. The van der Waals surface area contributed by atoms with Crippen LogP contribution in [0.4, 0.5) is 8.78 Å². The zero-order valence-corrected chi connectivity index (χ0v) is 15.4. The molecule has 3 rings (SSSR count). The van der Waals surface area contributed by atoms with Gasteiger partial charge in [-0.25, -0.2) is 0 Å². The Morgan fingerprint density at radius 1 is 0.958 bits per heavy atom. The highest BCUT2D eigenvalue weighted by Crippen LogP contribution is 2.55. The third-order valence-electron chi connectivity index (χ3n) is 6.88. The van der Waals surface area contributed by atoms with E-state index in [4.69, 9.17) is 4.74 Å². The van der Waals surface area contributed by atoms with Gasteiger partial charge in [-0.05, 0) is 69.1 Å². The van der Waals surface area contributed by atoms with Gasteiger partial charge in [-0.3, -0.25) is 0 Å². The van der Waals surface area contributed by atoms with Gasteiger partial charge in [-0.1, -0.05) is 44.8 Å². The van der Waals surface area contributed by atoms with Crippen LogP contribution in [0.1, 0.15) is 78.1 Å². The second kappa shape index (κ2) is 7.85. The van der Waals surface area contributed by atoms with Crippen LogP contribution in [-0.2, 0) is 4.74 Å². The first-order valence-electron chi connectivity index (χ1n) is 10.2. The molecular formula is C21H34F2O. The minimum atomic E-state index is -2.87. The summed E-state index contributed by atoms with van der Waals surface area (Å²) < 4.78 is 33.6. The molecule has 0 bridgehead atoms. The number of ether oxygens (including phenoxy) is 1. The van der Waals surface area contributed by atoms with E-state index in [1.54, 1.807) is 0 Å². The van der Waals surface area contributed by atoms with E-state index in [2.05, 4.69) is 19.1 Å². The van der Waals surface area contributed by atoms with Gasteiger partial charge in [-0.2, -0.15) is 8.78 Å². The summed E-state index contributed by atoms with van der Waals surface area (Å²) in [6.45, 7) is 4.28. The Bertz CT molecular complexity index is 418. The Labute approximate surface area is 146 Å². The summed E-state index contributed by atoms with van der Waals surface area (Å²) in [5.41, 5.74) is 0. The molecule has 2 aliphatic carbocycles. The van der Waals surface area contributed by atoms with Gasteiger partial charge in [0.25, 0.3) is 0 Å². The van der Waals surface area contributed by atoms with E-state index in [0.29, 0.717) is 11.8 Å². The molecule has 3 aliphatic rings. The summed E-state index contributed by atoms with van der Waals surface area (Å²) in [4.78, 5) is 0. The van der Waals surface area contributed by atoms with E-state index in [9.17, 15) is 8.78 Å². The zero-order chi connectivity index (χ0) is 17.2. The largest absolute Gasteiger partial charge is 0.361 e. The van der Waals surface area contributed by atoms with E-state index in [0.717, 1.165) is 44.4 Å². The van der Waals surface area contributed by atoms with Crippen molar-refractivity contribution in [3.8, 4) is 0 Å². The molecule has 0 aromatic heterocycles. The molecule has 2 atom stereocenters. The van der Waals surface area contributed by atoms with Crippen LogP contribution < -0.4 is 0 Å². The van der Waals surface area contributed by atoms with Crippen molar-refractivity contribution in [2.45, 2.75) is 90.3 Å². The molecule has 0 aromatic carbocycles. The second-order valence-corrected chi connectivity index (χ2v) is 8.44. The van der Waals surface area contributed by atoms with E-state index < -0.39 is 12.0 Å². The summed E-state index contributed by atoms with van der Waals surface area (Å²) in [5.74, 6) is 1.44. The molecule has 0 unspecified atom stereocenters. The Kier molecular flexibility index (Phi) is 6.00. The maximum absolute atomic E-state index is 14.2. The molecule has 1 aliphatic heterocycles. The third kappa shape index (κ3) is 3.86. The van der Waals surface area contributed by atoms with E-state index >= 15 is 0 Å². The summed E-state index contributed by atoms with van der Waals surface area (Å²) in [5, 5.41) is 0. The number of allylic oxidation sites excluding steroid dienone is 2. The second-order valence-electron chi connectivity index (χ2n) is 8.44.